The van der Waals surface area contributed by atoms with Gasteiger partial charge in [0.15, 0.2) is 0 Å². The number of imide groups is 1. The molecule has 124 valence electrons. The van der Waals surface area contributed by atoms with Gasteiger partial charge in [0.1, 0.15) is 0 Å². The van der Waals surface area contributed by atoms with Gasteiger partial charge in [-0.25, -0.2) is 0 Å². The molecule has 0 aromatic carbocycles. The monoisotopic (exact) mass is 329 g/mol. The predicted molar refractivity (Wildman–Crippen MR) is 83.5 cm³/mol. The smallest absolute Gasteiger partial charge is 0.237 e. The van der Waals surface area contributed by atoms with Crippen molar-refractivity contribution in [3.8, 4) is 0 Å². The van der Waals surface area contributed by atoms with E-state index in [1.165, 1.54) is 30.6 Å². The predicted octanol–water partition coefficient (Wildman–Crippen LogP) is 0.594. The number of amides is 3. The summed E-state index contributed by atoms with van der Waals surface area (Å²) in [7, 11) is 0. The lowest BCUT2D eigenvalue weighted by Crippen LogP contribution is -2.45. The maximum atomic E-state index is 12.2. The van der Waals surface area contributed by atoms with E-state index in [-0.39, 0.29) is 36.2 Å². The van der Waals surface area contributed by atoms with Crippen LogP contribution in [0.3, 0.4) is 0 Å². The second-order valence-electron chi connectivity index (χ2n) is 6.34. The van der Waals surface area contributed by atoms with Crippen molar-refractivity contribution in [1.82, 2.24) is 15.5 Å². The molecule has 2 aliphatic heterocycles. The van der Waals surface area contributed by atoms with E-state index in [2.05, 4.69) is 10.6 Å². The number of halogens is 1. The Morgan fingerprint density at radius 3 is 2.55 bits per heavy atom. The number of hydrogen-bond donors (Lipinski definition) is 2. The highest BCUT2D eigenvalue weighted by atomic mass is 35.5. The molecule has 2 saturated heterocycles. The Labute approximate surface area is 136 Å². The number of nitrogens with zero attached hydrogens (tertiary/aromatic N) is 1. The van der Waals surface area contributed by atoms with Gasteiger partial charge in [-0.2, -0.15) is 0 Å². The van der Waals surface area contributed by atoms with Crippen molar-refractivity contribution in [2.45, 2.75) is 57.0 Å². The molecule has 2 heterocycles. The van der Waals surface area contributed by atoms with Gasteiger partial charge in [-0.05, 0) is 25.2 Å². The summed E-state index contributed by atoms with van der Waals surface area (Å²) in [5, 5.41) is 6.28. The number of fused-ring (bicyclic) bond motifs is 1. The number of carbonyl (C=O) groups is 3. The van der Waals surface area contributed by atoms with Crippen molar-refractivity contribution in [1.29, 1.82) is 0 Å². The minimum atomic E-state index is -0.126. The van der Waals surface area contributed by atoms with Crippen LogP contribution in [0.4, 0.5) is 0 Å². The zero-order chi connectivity index (χ0) is 14.8. The second kappa shape index (κ2) is 7.42. The van der Waals surface area contributed by atoms with Gasteiger partial charge in [-0.3, -0.25) is 19.3 Å². The summed E-state index contributed by atoms with van der Waals surface area (Å²) in [4.78, 5) is 36.4. The first-order valence-electron chi connectivity index (χ1n) is 8.02. The van der Waals surface area contributed by atoms with E-state index < -0.39 is 0 Å². The van der Waals surface area contributed by atoms with Crippen LogP contribution in [0.5, 0.6) is 0 Å². The fraction of sp³-hybridized carbons (Fsp3) is 0.800. The molecule has 3 aliphatic rings. The molecule has 0 radical (unpaired) electrons. The Balaban J connectivity index is 0.00000176. The quantitative estimate of drug-likeness (QED) is 0.740. The molecular formula is C15H24ClN3O3. The van der Waals surface area contributed by atoms with Crippen LogP contribution in [0.15, 0.2) is 0 Å². The molecule has 1 saturated carbocycles. The summed E-state index contributed by atoms with van der Waals surface area (Å²) in [5.74, 6) is 0.387. The average Bonchev–Trinajstić information content (AvgIpc) is 3.04. The normalized spacial score (nSPS) is 30.9. The Hall–Kier alpha value is -1.14. The van der Waals surface area contributed by atoms with Crippen LogP contribution in [0.2, 0.25) is 0 Å². The van der Waals surface area contributed by atoms with Crippen LogP contribution >= 0.6 is 12.4 Å². The average molecular weight is 330 g/mol. The number of nitrogens with one attached hydrogen (secondary N) is 2. The van der Waals surface area contributed by atoms with Gasteiger partial charge in [0.2, 0.25) is 17.7 Å². The van der Waals surface area contributed by atoms with E-state index >= 15 is 0 Å². The van der Waals surface area contributed by atoms with Crippen LogP contribution in [-0.2, 0) is 14.4 Å². The summed E-state index contributed by atoms with van der Waals surface area (Å²) in [6.45, 7) is 0.646. The summed E-state index contributed by atoms with van der Waals surface area (Å²) < 4.78 is 0. The number of rotatable bonds is 4. The molecule has 3 unspecified atom stereocenters. The minimum absolute atomic E-state index is 0. The van der Waals surface area contributed by atoms with Crippen molar-refractivity contribution in [2.75, 3.05) is 13.1 Å². The van der Waals surface area contributed by atoms with E-state index in [1.807, 2.05) is 0 Å². The first kappa shape index (κ1) is 17.2. The van der Waals surface area contributed by atoms with Gasteiger partial charge in [0, 0.05) is 32.0 Å². The molecule has 0 aromatic rings. The van der Waals surface area contributed by atoms with Crippen molar-refractivity contribution < 1.29 is 14.4 Å². The first-order chi connectivity index (χ1) is 10.1. The number of hydrogen-bond acceptors (Lipinski definition) is 4. The highest BCUT2D eigenvalue weighted by Crippen LogP contribution is 2.33. The molecule has 2 N–H and O–H groups in total. The van der Waals surface area contributed by atoms with E-state index in [4.69, 9.17) is 0 Å². The zero-order valence-corrected chi connectivity index (χ0v) is 13.5. The SMILES string of the molecule is Cl.O=C(NCCN1C(=O)CCC1=O)C1CC2CCCCC2N1. The molecule has 3 rings (SSSR count). The Morgan fingerprint density at radius 1 is 1.18 bits per heavy atom. The lowest BCUT2D eigenvalue weighted by Gasteiger charge is -2.24. The van der Waals surface area contributed by atoms with Gasteiger partial charge >= 0.3 is 0 Å². The largest absolute Gasteiger partial charge is 0.353 e. The third-order valence-electron chi connectivity index (χ3n) is 4.97. The van der Waals surface area contributed by atoms with E-state index in [9.17, 15) is 14.4 Å². The topological polar surface area (TPSA) is 78.5 Å². The van der Waals surface area contributed by atoms with Gasteiger partial charge in [0.05, 0.1) is 6.04 Å². The fourth-order valence-electron chi connectivity index (χ4n) is 3.81. The first-order valence-corrected chi connectivity index (χ1v) is 8.02. The highest BCUT2D eigenvalue weighted by Gasteiger charge is 2.38. The van der Waals surface area contributed by atoms with Gasteiger partial charge in [0.25, 0.3) is 0 Å². The second-order valence-corrected chi connectivity index (χ2v) is 6.34. The van der Waals surface area contributed by atoms with Crippen LogP contribution in [0, 0.1) is 5.92 Å². The molecule has 3 atom stereocenters. The third kappa shape index (κ3) is 3.60. The highest BCUT2D eigenvalue weighted by molar-refractivity contribution is 6.01. The molecule has 6 nitrogen and oxygen atoms in total. The Morgan fingerprint density at radius 2 is 1.86 bits per heavy atom. The van der Waals surface area contributed by atoms with Crippen LogP contribution in [0.25, 0.3) is 0 Å². The molecule has 0 aromatic heterocycles. The van der Waals surface area contributed by atoms with Gasteiger partial charge < -0.3 is 10.6 Å². The minimum Gasteiger partial charge on any atom is -0.353 e. The maximum absolute atomic E-state index is 12.2. The summed E-state index contributed by atoms with van der Waals surface area (Å²) in [6, 6.07) is 0.388. The Kier molecular flexibility index (Phi) is 5.81. The summed E-state index contributed by atoms with van der Waals surface area (Å²) in [5.41, 5.74) is 0. The third-order valence-corrected chi connectivity index (χ3v) is 4.97. The molecule has 0 spiro atoms. The molecule has 3 fully saturated rings. The molecule has 0 bridgehead atoms. The number of carbonyl (C=O) groups excluding carboxylic acids is 3. The van der Waals surface area contributed by atoms with Crippen LogP contribution in [-0.4, -0.2) is 47.8 Å². The van der Waals surface area contributed by atoms with Crippen molar-refractivity contribution in [2.24, 2.45) is 5.92 Å². The summed E-state index contributed by atoms with van der Waals surface area (Å²) in [6.07, 6.45) is 6.44. The molecule has 7 heteroatoms. The molecular weight excluding hydrogens is 306 g/mol. The van der Waals surface area contributed by atoms with Crippen molar-refractivity contribution in [3.63, 3.8) is 0 Å². The Bertz CT molecular complexity index is 427. The maximum Gasteiger partial charge on any atom is 0.237 e. The molecule has 3 amide bonds. The molecule has 22 heavy (non-hydrogen) atoms. The van der Waals surface area contributed by atoms with Crippen molar-refractivity contribution in [3.05, 3.63) is 0 Å². The van der Waals surface area contributed by atoms with Crippen molar-refractivity contribution >= 4 is 30.1 Å². The standard InChI is InChI=1S/C15H23N3O3.ClH/c19-13-5-6-14(20)18(13)8-7-16-15(21)12-9-10-3-1-2-4-11(10)17-12;/h10-12,17H,1-9H2,(H,16,21);1H. The lowest BCUT2D eigenvalue weighted by atomic mass is 9.85. The van der Waals surface area contributed by atoms with E-state index in [0.29, 0.717) is 37.9 Å². The fourth-order valence-corrected chi connectivity index (χ4v) is 3.81. The molecule has 1 aliphatic carbocycles. The summed E-state index contributed by atoms with van der Waals surface area (Å²) >= 11 is 0. The zero-order valence-electron chi connectivity index (χ0n) is 12.7. The van der Waals surface area contributed by atoms with E-state index in [1.54, 1.807) is 0 Å². The lowest BCUT2D eigenvalue weighted by molar-refractivity contribution is -0.138. The number of likely N-dealkylation sites (tertiary alicyclic amines) is 1. The van der Waals surface area contributed by atoms with Crippen LogP contribution in [0.1, 0.15) is 44.9 Å². The van der Waals surface area contributed by atoms with Gasteiger partial charge in [-0.15, -0.1) is 12.4 Å². The van der Waals surface area contributed by atoms with Crippen LogP contribution < -0.4 is 10.6 Å². The van der Waals surface area contributed by atoms with Gasteiger partial charge in [-0.1, -0.05) is 12.8 Å². The van der Waals surface area contributed by atoms with E-state index in [0.717, 1.165) is 6.42 Å².